The first-order valence-electron chi connectivity index (χ1n) is 5.47. The van der Waals surface area contributed by atoms with E-state index in [-0.39, 0.29) is 17.8 Å². The van der Waals surface area contributed by atoms with Crippen LogP contribution in [0.4, 0.5) is 5.69 Å². The minimum Gasteiger partial charge on any atom is -0.469 e. The number of halogens is 1. The van der Waals surface area contributed by atoms with Gasteiger partial charge in [0, 0.05) is 19.0 Å². The van der Waals surface area contributed by atoms with Crippen molar-refractivity contribution in [1.29, 1.82) is 0 Å². The predicted molar refractivity (Wildman–Crippen MR) is 67.0 cm³/mol. The van der Waals surface area contributed by atoms with Crippen molar-refractivity contribution in [3.05, 3.63) is 28.8 Å². The number of rotatable bonds is 2. The summed E-state index contributed by atoms with van der Waals surface area (Å²) in [4.78, 5) is 11.6. The summed E-state index contributed by atoms with van der Waals surface area (Å²) >= 11 is 5.88. The summed E-state index contributed by atoms with van der Waals surface area (Å²) in [6.07, 6.45) is 0. The molecule has 1 aromatic carbocycles. The number of carbonyl (C=O) groups excluding carboxylic acids is 1. The van der Waals surface area contributed by atoms with Crippen molar-refractivity contribution in [3.63, 3.8) is 0 Å². The minimum atomic E-state index is -0.187. The summed E-state index contributed by atoms with van der Waals surface area (Å²) in [5.74, 6) is -0.240. The molecule has 3 N–H and O–H groups in total. The van der Waals surface area contributed by atoms with E-state index >= 15 is 0 Å². The summed E-state index contributed by atoms with van der Waals surface area (Å²) in [7, 11) is 1.41. The molecule has 0 radical (unpaired) electrons. The van der Waals surface area contributed by atoms with E-state index in [4.69, 9.17) is 22.1 Å². The van der Waals surface area contributed by atoms with Gasteiger partial charge < -0.3 is 15.8 Å². The third-order valence-electron chi connectivity index (χ3n) is 3.17. The minimum absolute atomic E-state index is 0.0991. The number of nitrogens with one attached hydrogen (secondary N) is 1. The quantitative estimate of drug-likeness (QED) is 0.619. The largest absolute Gasteiger partial charge is 0.469 e. The molecule has 1 aliphatic rings. The lowest BCUT2D eigenvalue weighted by Gasteiger charge is -2.17. The van der Waals surface area contributed by atoms with Crippen molar-refractivity contribution in [2.45, 2.75) is 5.92 Å². The second-order valence-electron chi connectivity index (χ2n) is 4.18. The third kappa shape index (κ3) is 2.37. The topological polar surface area (TPSA) is 64.3 Å². The van der Waals surface area contributed by atoms with Gasteiger partial charge in [0.1, 0.15) is 0 Å². The first kappa shape index (κ1) is 12.2. The number of nitrogen functional groups attached to an aromatic ring is 1. The molecule has 1 heterocycles. The van der Waals surface area contributed by atoms with Crippen molar-refractivity contribution < 1.29 is 9.53 Å². The molecule has 0 spiro atoms. The normalized spacial score (nSPS) is 23.6. The molecule has 0 amide bonds. The van der Waals surface area contributed by atoms with E-state index in [9.17, 15) is 4.79 Å². The lowest BCUT2D eigenvalue weighted by Crippen LogP contribution is -2.23. The van der Waals surface area contributed by atoms with Gasteiger partial charge in [0.2, 0.25) is 0 Å². The summed E-state index contributed by atoms with van der Waals surface area (Å²) in [5.41, 5.74) is 7.34. The monoisotopic (exact) mass is 254 g/mol. The van der Waals surface area contributed by atoms with Crippen LogP contribution in [0.3, 0.4) is 0 Å². The van der Waals surface area contributed by atoms with E-state index in [0.29, 0.717) is 17.3 Å². The van der Waals surface area contributed by atoms with Crippen LogP contribution in [0.15, 0.2) is 18.2 Å². The zero-order valence-corrected chi connectivity index (χ0v) is 10.3. The molecule has 2 atom stereocenters. The van der Waals surface area contributed by atoms with Crippen LogP contribution >= 0.6 is 11.6 Å². The first-order chi connectivity index (χ1) is 8.13. The van der Waals surface area contributed by atoms with Gasteiger partial charge in [0.25, 0.3) is 0 Å². The maximum Gasteiger partial charge on any atom is 0.310 e. The van der Waals surface area contributed by atoms with Crippen LogP contribution in [0.1, 0.15) is 11.5 Å². The Bertz CT molecular complexity index is 437. The lowest BCUT2D eigenvalue weighted by atomic mass is 9.89. The fourth-order valence-corrected chi connectivity index (χ4v) is 2.34. The third-order valence-corrected chi connectivity index (χ3v) is 3.51. The van der Waals surface area contributed by atoms with Gasteiger partial charge in [-0.1, -0.05) is 17.7 Å². The van der Waals surface area contributed by atoms with Crippen LogP contribution < -0.4 is 11.1 Å². The molecule has 2 unspecified atom stereocenters. The number of methoxy groups -OCH3 is 1. The average molecular weight is 255 g/mol. The smallest absolute Gasteiger partial charge is 0.310 e. The molecule has 17 heavy (non-hydrogen) atoms. The highest BCUT2D eigenvalue weighted by atomic mass is 35.5. The first-order valence-corrected chi connectivity index (χ1v) is 5.84. The molecule has 0 aromatic heterocycles. The van der Waals surface area contributed by atoms with Crippen LogP contribution in [-0.2, 0) is 9.53 Å². The SMILES string of the molecule is COC(=O)C1CNCC1c1ccc(Cl)c(N)c1. The van der Waals surface area contributed by atoms with Gasteiger partial charge in [-0.05, 0) is 17.7 Å². The summed E-state index contributed by atoms with van der Waals surface area (Å²) in [6, 6.07) is 5.50. The molecule has 5 heteroatoms. The number of nitrogens with two attached hydrogens (primary N) is 1. The molecule has 1 aliphatic heterocycles. The van der Waals surface area contributed by atoms with E-state index in [0.717, 1.165) is 12.1 Å². The number of esters is 1. The van der Waals surface area contributed by atoms with E-state index in [1.807, 2.05) is 12.1 Å². The van der Waals surface area contributed by atoms with Crippen molar-refractivity contribution in [1.82, 2.24) is 5.32 Å². The highest BCUT2D eigenvalue weighted by Gasteiger charge is 2.34. The standard InChI is InChI=1S/C12H15ClN2O2/c1-17-12(16)9-6-15-5-8(9)7-2-3-10(13)11(14)4-7/h2-4,8-9,15H,5-6,14H2,1H3. The zero-order chi connectivity index (χ0) is 12.4. The van der Waals surface area contributed by atoms with E-state index in [2.05, 4.69) is 5.32 Å². The van der Waals surface area contributed by atoms with Crippen LogP contribution in [0.2, 0.25) is 5.02 Å². The Labute approximate surface area is 105 Å². The summed E-state index contributed by atoms with van der Waals surface area (Å²) < 4.78 is 4.80. The molecular formula is C12H15ClN2O2. The van der Waals surface area contributed by atoms with Gasteiger partial charge in [-0.25, -0.2) is 0 Å². The molecule has 0 aliphatic carbocycles. The molecule has 1 saturated heterocycles. The number of hydrogen-bond acceptors (Lipinski definition) is 4. The maximum atomic E-state index is 11.6. The van der Waals surface area contributed by atoms with Gasteiger partial charge in [0.05, 0.1) is 23.7 Å². The van der Waals surface area contributed by atoms with E-state index < -0.39 is 0 Å². The highest BCUT2D eigenvalue weighted by Crippen LogP contribution is 2.32. The summed E-state index contributed by atoms with van der Waals surface area (Å²) in [6.45, 7) is 1.39. The molecule has 0 saturated carbocycles. The van der Waals surface area contributed by atoms with Crippen molar-refractivity contribution in [3.8, 4) is 0 Å². The molecule has 4 nitrogen and oxygen atoms in total. The predicted octanol–water partition coefficient (Wildman–Crippen LogP) is 1.40. The molecule has 0 bridgehead atoms. The van der Waals surface area contributed by atoms with Gasteiger partial charge in [0.15, 0.2) is 0 Å². The number of carbonyl (C=O) groups is 1. The number of hydrogen-bond donors (Lipinski definition) is 2. The number of ether oxygens (including phenoxy) is 1. The van der Waals surface area contributed by atoms with Crippen LogP contribution in [0, 0.1) is 5.92 Å². The maximum absolute atomic E-state index is 11.6. The fraction of sp³-hybridized carbons (Fsp3) is 0.417. The van der Waals surface area contributed by atoms with Gasteiger partial charge in [-0.2, -0.15) is 0 Å². The Morgan fingerprint density at radius 1 is 1.53 bits per heavy atom. The summed E-state index contributed by atoms with van der Waals surface area (Å²) in [5, 5.41) is 3.73. The zero-order valence-electron chi connectivity index (χ0n) is 9.57. The van der Waals surface area contributed by atoms with Crippen LogP contribution in [0.25, 0.3) is 0 Å². The second-order valence-corrected chi connectivity index (χ2v) is 4.58. The fourth-order valence-electron chi connectivity index (χ4n) is 2.22. The van der Waals surface area contributed by atoms with Gasteiger partial charge in [-0.15, -0.1) is 0 Å². The number of anilines is 1. The molecule has 1 aromatic rings. The molecule has 92 valence electrons. The van der Waals surface area contributed by atoms with Crippen LogP contribution in [0.5, 0.6) is 0 Å². The van der Waals surface area contributed by atoms with Gasteiger partial charge in [-0.3, -0.25) is 4.79 Å². The Balaban J connectivity index is 2.26. The average Bonchev–Trinajstić information content (AvgIpc) is 2.80. The van der Waals surface area contributed by atoms with Crippen molar-refractivity contribution >= 4 is 23.3 Å². The lowest BCUT2D eigenvalue weighted by molar-refractivity contribution is -0.145. The Hall–Kier alpha value is -1.26. The number of benzene rings is 1. The van der Waals surface area contributed by atoms with E-state index in [1.165, 1.54) is 7.11 Å². The van der Waals surface area contributed by atoms with Crippen molar-refractivity contribution in [2.75, 3.05) is 25.9 Å². The van der Waals surface area contributed by atoms with E-state index in [1.54, 1.807) is 6.07 Å². The molecule has 1 fully saturated rings. The highest BCUT2D eigenvalue weighted by molar-refractivity contribution is 6.33. The Morgan fingerprint density at radius 2 is 2.29 bits per heavy atom. The van der Waals surface area contributed by atoms with Gasteiger partial charge >= 0.3 is 5.97 Å². The van der Waals surface area contributed by atoms with Crippen LogP contribution in [-0.4, -0.2) is 26.2 Å². The second kappa shape index (κ2) is 4.94. The Morgan fingerprint density at radius 3 is 2.94 bits per heavy atom. The molecule has 2 rings (SSSR count). The Kier molecular flexibility index (Phi) is 3.54. The molecular weight excluding hydrogens is 240 g/mol. The van der Waals surface area contributed by atoms with Crippen molar-refractivity contribution in [2.24, 2.45) is 5.92 Å².